The van der Waals surface area contributed by atoms with Crippen LogP contribution in [0.3, 0.4) is 0 Å². The molecule has 1 heterocycles. The van der Waals surface area contributed by atoms with E-state index in [1.807, 2.05) is 0 Å². The molecule has 0 aliphatic rings. The average Bonchev–Trinajstić information content (AvgIpc) is 2.99. The van der Waals surface area contributed by atoms with Crippen LogP contribution in [-0.2, 0) is 4.79 Å². The van der Waals surface area contributed by atoms with Crippen molar-refractivity contribution in [1.29, 1.82) is 0 Å². The molecule has 20 heavy (non-hydrogen) atoms. The summed E-state index contributed by atoms with van der Waals surface area (Å²) in [4.78, 5) is 23.3. The molecule has 0 bridgehead atoms. The Labute approximate surface area is 117 Å². The summed E-state index contributed by atoms with van der Waals surface area (Å²) in [6.07, 6.45) is 3.17. The van der Waals surface area contributed by atoms with Crippen molar-refractivity contribution in [3.8, 4) is 0 Å². The second-order valence-corrected chi connectivity index (χ2v) is 4.52. The fourth-order valence-corrected chi connectivity index (χ4v) is 1.58. The molecule has 1 aromatic rings. The fourth-order valence-electron chi connectivity index (χ4n) is 1.58. The molecular formula is C13H20N2O5. The zero-order valence-corrected chi connectivity index (χ0v) is 11.4. The largest absolute Gasteiger partial charge is 0.472 e. The van der Waals surface area contributed by atoms with E-state index in [0.717, 1.165) is 0 Å². The molecule has 1 rings (SSSR count). The molecule has 0 aliphatic heterocycles. The first kappa shape index (κ1) is 16.2. The summed E-state index contributed by atoms with van der Waals surface area (Å²) in [5.74, 6) is -0.667. The Hall–Kier alpha value is -1.86. The quantitative estimate of drug-likeness (QED) is 0.521. The Morgan fingerprint density at radius 2 is 2.05 bits per heavy atom. The van der Waals surface area contributed by atoms with Crippen LogP contribution < -0.4 is 10.6 Å². The number of amides is 2. The standard InChI is InChI=1S/C13H20N2O5/c1-2-13(8-16,9-17)15-11(18)3-5-14-12(19)10-4-6-20-7-10/h4,6-7,16-17H,2-3,5,8-9H2,1H3,(H,14,19)(H,15,18). The number of carbonyl (C=O) groups is 2. The SMILES string of the molecule is CCC(CO)(CO)NC(=O)CCNC(=O)c1ccoc1. The normalized spacial score (nSPS) is 11.2. The highest BCUT2D eigenvalue weighted by atomic mass is 16.3. The van der Waals surface area contributed by atoms with Crippen molar-refractivity contribution >= 4 is 11.8 Å². The van der Waals surface area contributed by atoms with Crippen LogP contribution >= 0.6 is 0 Å². The predicted octanol–water partition coefficient (Wildman–Crippen LogP) is -0.351. The highest BCUT2D eigenvalue weighted by Gasteiger charge is 2.28. The van der Waals surface area contributed by atoms with Crippen LogP contribution in [0.15, 0.2) is 23.0 Å². The van der Waals surface area contributed by atoms with E-state index in [2.05, 4.69) is 10.6 Å². The maximum Gasteiger partial charge on any atom is 0.254 e. The third-order valence-corrected chi connectivity index (χ3v) is 3.11. The van der Waals surface area contributed by atoms with Gasteiger partial charge in [0.05, 0.1) is 30.6 Å². The first-order chi connectivity index (χ1) is 9.56. The van der Waals surface area contributed by atoms with Gasteiger partial charge in [-0.3, -0.25) is 9.59 Å². The molecule has 0 unspecified atom stereocenters. The van der Waals surface area contributed by atoms with Crippen molar-refractivity contribution < 1.29 is 24.2 Å². The Kier molecular flexibility index (Phi) is 6.20. The van der Waals surface area contributed by atoms with E-state index >= 15 is 0 Å². The van der Waals surface area contributed by atoms with E-state index in [1.54, 1.807) is 6.92 Å². The summed E-state index contributed by atoms with van der Waals surface area (Å²) in [5, 5.41) is 23.6. The number of aliphatic hydroxyl groups excluding tert-OH is 2. The van der Waals surface area contributed by atoms with Gasteiger partial charge >= 0.3 is 0 Å². The summed E-state index contributed by atoms with van der Waals surface area (Å²) in [6.45, 7) is 1.24. The molecule has 0 radical (unpaired) electrons. The van der Waals surface area contributed by atoms with E-state index in [0.29, 0.717) is 12.0 Å². The predicted molar refractivity (Wildman–Crippen MR) is 71.0 cm³/mol. The summed E-state index contributed by atoms with van der Waals surface area (Å²) in [7, 11) is 0. The second-order valence-electron chi connectivity index (χ2n) is 4.52. The molecule has 0 fully saturated rings. The van der Waals surface area contributed by atoms with Crippen LogP contribution in [0.4, 0.5) is 0 Å². The minimum absolute atomic E-state index is 0.0609. The van der Waals surface area contributed by atoms with E-state index in [9.17, 15) is 19.8 Å². The Morgan fingerprint density at radius 3 is 2.55 bits per heavy atom. The lowest BCUT2D eigenvalue weighted by Crippen LogP contribution is -2.54. The van der Waals surface area contributed by atoms with Gasteiger partial charge in [0.25, 0.3) is 5.91 Å². The second kappa shape index (κ2) is 7.66. The lowest BCUT2D eigenvalue weighted by molar-refractivity contribution is -0.124. The van der Waals surface area contributed by atoms with Crippen LogP contribution in [0, 0.1) is 0 Å². The number of carbonyl (C=O) groups excluding carboxylic acids is 2. The summed E-state index contributed by atoms with van der Waals surface area (Å²) >= 11 is 0. The zero-order valence-electron chi connectivity index (χ0n) is 11.4. The van der Waals surface area contributed by atoms with Gasteiger partial charge in [-0.1, -0.05) is 6.92 Å². The first-order valence-electron chi connectivity index (χ1n) is 6.40. The molecule has 0 aromatic carbocycles. The molecule has 0 saturated heterocycles. The van der Waals surface area contributed by atoms with Crippen molar-refractivity contribution in [2.45, 2.75) is 25.3 Å². The topological polar surface area (TPSA) is 112 Å². The van der Waals surface area contributed by atoms with E-state index in [4.69, 9.17) is 4.42 Å². The molecule has 1 aromatic heterocycles. The minimum atomic E-state index is -1.01. The van der Waals surface area contributed by atoms with Crippen LogP contribution in [0.5, 0.6) is 0 Å². The molecule has 112 valence electrons. The minimum Gasteiger partial charge on any atom is -0.472 e. The van der Waals surface area contributed by atoms with E-state index in [-0.39, 0.29) is 38.0 Å². The molecule has 7 nitrogen and oxygen atoms in total. The Balaban J connectivity index is 2.35. The van der Waals surface area contributed by atoms with E-state index in [1.165, 1.54) is 18.6 Å². The molecule has 7 heteroatoms. The van der Waals surface area contributed by atoms with Crippen molar-refractivity contribution in [1.82, 2.24) is 10.6 Å². The summed E-state index contributed by atoms with van der Waals surface area (Å²) in [5.41, 5.74) is -0.620. The van der Waals surface area contributed by atoms with Crippen molar-refractivity contribution in [3.63, 3.8) is 0 Å². The monoisotopic (exact) mass is 284 g/mol. The molecule has 4 N–H and O–H groups in total. The molecule has 0 atom stereocenters. The highest BCUT2D eigenvalue weighted by molar-refractivity contribution is 5.94. The fraction of sp³-hybridized carbons (Fsp3) is 0.538. The highest BCUT2D eigenvalue weighted by Crippen LogP contribution is 2.08. The van der Waals surface area contributed by atoms with Gasteiger partial charge in [-0.05, 0) is 12.5 Å². The number of nitrogens with one attached hydrogen (secondary N) is 2. The molecule has 0 spiro atoms. The summed E-state index contributed by atoms with van der Waals surface area (Å²) < 4.78 is 4.78. The molecular weight excluding hydrogens is 264 g/mol. The van der Waals surface area contributed by atoms with Gasteiger partial charge in [-0.2, -0.15) is 0 Å². The summed E-state index contributed by atoms with van der Waals surface area (Å²) in [6, 6.07) is 1.52. The number of furan rings is 1. The van der Waals surface area contributed by atoms with Gasteiger partial charge in [0.2, 0.25) is 5.91 Å². The number of hydrogen-bond acceptors (Lipinski definition) is 5. The number of rotatable bonds is 8. The van der Waals surface area contributed by atoms with E-state index < -0.39 is 5.54 Å². The van der Waals surface area contributed by atoms with Gasteiger partial charge in [0.15, 0.2) is 0 Å². The Bertz CT molecular complexity index is 418. The lowest BCUT2D eigenvalue weighted by Gasteiger charge is -2.29. The van der Waals surface area contributed by atoms with Crippen LogP contribution in [0.1, 0.15) is 30.1 Å². The van der Waals surface area contributed by atoms with Crippen LogP contribution in [0.2, 0.25) is 0 Å². The van der Waals surface area contributed by atoms with Gasteiger partial charge in [-0.15, -0.1) is 0 Å². The lowest BCUT2D eigenvalue weighted by atomic mass is 9.98. The van der Waals surface area contributed by atoms with Gasteiger partial charge in [-0.25, -0.2) is 0 Å². The maximum absolute atomic E-state index is 11.7. The smallest absolute Gasteiger partial charge is 0.254 e. The average molecular weight is 284 g/mol. The third-order valence-electron chi connectivity index (χ3n) is 3.11. The third kappa shape index (κ3) is 4.36. The molecule has 0 saturated carbocycles. The zero-order chi connectivity index (χ0) is 15.0. The number of hydrogen-bond donors (Lipinski definition) is 4. The van der Waals surface area contributed by atoms with Crippen LogP contribution in [-0.4, -0.2) is 47.3 Å². The van der Waals surface area contributed by atoms with Crippen molar-refractivity contribution in [2.75, 3.05) is 19.8 Å². The maximum atomic E-state index is 11.7. The van der Waals surface area contributed by atoms with Crippen molar-refractivity contribution in [3.05, 3.63) is 24.2 Å². The number of aliphatic hydroxyl groups is 2. The molecule has 0 aliphatic carbocycles. The Morgan fingerprint density at radius 1 is 1.35 bits per heavy atom. The van der Waals surface area contributed by atoms with Gasteiger partial charge in [0, 0.05) is 13.0 Å². The van der Waals surface area contributed by atoms with Gasteiger partial charge < -0.3 is 25.3 Å². The van der Waals surface area contributed by atoms with Crippen molar-refractivity contribution in [2.24, 2.45) is 0 Å². The first-order valence-corrected chi connectivity index (χ1v) is 6.40. The van der Waals surface area contributed by atoms with Crippen LogP contribution in [0.25, 0.3) is 0 Å². The molecule has 2 amide bonds. The van der Waals surface area contributed by atoms with Gasteiger partial charge in [0.1, 0.15) is 6.26 Å².